The van der Waals surface area contributed by atoms with Gasteiger partial charge in [0.1, 0.15) is 12.0 Å². The van der Waals surface area contributed by atoms with Gasteiger partial charge in [-0.15, -0.1) is 25.8 Å². The minimum absolute atomic E-state index is 0.0803. The third-order valence-corrected chi connectivity index (χ3v) is 1.54. The molecular formula is C8H5F3O2S. The van der Waals surface area contributed by atoms with Crippen molar-refractivity contribution >= 4 is 18.9 Å². The summed E-state index contributed by atoms with van der Waals surface area (Å²) in [6.45, 7) is 0. The summed E-state index contributed by atoms with van der Waals surface area (Å²) in [5, 5.41) is 0. The molecule has 0 atom stereocenters. The quantitative estimate of drug-likeness (QED) is 0.615. The van der Waals surface area contributed by atoms with Crippen LogP contribution in [0.5, 0.6) is 5.75 Å². The second-order valence-electron chi connectivity index (χ2n) is 2.43. The Kier molecular flexibility index (Phi) is 3.05. The number of aldehydes is 1. The van der Waals surface area contributed by atoms with Crippen molar-refractivity contribution in [1.29, 1.82) is 0 Å². The highest BCUT2D eigenvalue weighted by atomic mass is 32.1. The second kappa shape index (κ2) is 3.91. The maximum atomic E-state index is 11.8. The molecule has 76 valence electrons. The number of hydrogen-bond acceptors (Lipinski definition) is 3. The molecule has 0 saturated carbocycles. The van der Waals surface area contributed by atoms with Crippen molar-refractivity contribution in [3.8, 4) is 5.75 Å². The van der Waals surface area contributed by atoms with Crippen LogP contribution in [0.2, 0.25) is 0 Å². The van der Waals surface area contributed by atoms with Crippen molar-refractivity contribution < 1.29 is 22.7 Å². The van der Waals surface area contributed by atoms with Gasteiger partial charge in [-0.1, -0.05) is 0 Å². The first kappa shape index (κ1) is 10.9. The molecule has 6 heteroatoms. The molecule has 1 aromatic carbocycles. The number of thiol groups is 1. The van der Waals surface area contributed by atoms with Gasteiger partial charge in [0.05, 0.1) is 0 Å². The summed E-state index contributed by atoms with van der Waals surface area (Å²) in [4.78, 5) is 10.5. The van der Waals surface area contributed by atoms with Crippen molar-refractivity contribution in [2.45, 2.75) is 11.3 Å². The topological polar surface area (TPSA) is 26.3 Å². The Hall–Kier alpha value is -1.17. The molecule has 14 heavy (non-hydrogen) atoms. The van der Waals surface area contributed by atoms with Crippen LogP contribution in [0.25, 0.3) is 0 Å². The third-order valence-electron chi connectivity index (χ3n) is 1.28. The Morgan fingerprint density at radius 3 is 2.43 bits per heavy atom. The fourth-order valence-electron chi connectivity index (χ4n) is 0.866. The zero-order chi connectivity index (χ0) is 10.8. The van der Waals surface area contributed by atoms with Crippen LogP contribution in [0.1, 0.15) is 10.4 Å². The standard InChI is InChI=1S/C8H5F3O2S/c9-8(10,11)13-6-1-5(4-12)2-7(14)3-6/h1-4,14H. The van der Waals surface area contributed by atoms with E-state index >= 15 is 0 Å². The molecule has 1 aromatic rings. The summed E-state index contributed by atoms with van der Waals surface area (Å²) < 4.78 is 38.9. The van der Waals surface area contributed by atoms with E-state index in [1.807, 2.05) is 0 Å². The number of carbonyl (C=O) groups excluding carboxylic acids is 1. The van der Waals surface area contributed by atoms with Crippen molar-refractivity contribution in [3.63, 3.8) is 0 Å². The lowest BCUT2D eigenvalue weighted by Crippen LogP contribution is -2.17. The first-order valence-corrected chi connectivity index (χ1v) is 3.90. The summed E-state index contributed by atoms with van der Waals surface area (Å²) in [7, 11) is 0. The Balaban J connectivity index is 2.98. The van der Waals surface area contributed by atoms with Crippen molar-refractivity contribution in [2.75, 3.05) is 0 Å². The number of halogens is 3. The van der Waals surface area contributed by atoms with Gasteiger partial charge in [-0.3, -0.25) is 4.79 Å². The van der Waals surface area contributed by atoms with E-state index in [0.29, 0.717) is 6.29 Å². The number of ether oxygens (including phenoxy) is 1. The molecule has 1 rings (SSSR count). The van der Waals surface area contributed by atoms with E-state index in [9.17, 15) is 18.0 Å². The number of alkyl halides is 3. The molecule has 0 aliphatic carbocycles. The second-order valence-corrected chi connectivity index (χ2v) is 2.94. The Morgan fingerprint density at radius 1 is 1.29 bits per heavy atom. The SMILES string of the molecule is O=Cc1cc(S)cc(OC(F)(F)F)c1. The third kappa shape index (κ3) is 3.29. The van der Waals surface area contributed by atoms with E-state index in [1.54, 1.807) is 0 Å². The van der Waals surface area contributed by atoms with Gasteiger partial charge in [0, 0.05) is 10.5 Å². The highest BCUT2D eigenvalue weighted by molar-refractivity contribution is 7.80. The molecule has 0 aliphatic heterocycles. The van der Waals surface area contributed by atoms with Crippen LogP contribution in [0.15, 0.2) is 23.1 Å². The normalized spacial score (nSPS) is 11.1. The predicted octanol–water partition coefficient (Wildman–Crippen LogP) is 2.69. The number of rotatable bonds is 2. The summed E-state index contributed by atoms with van der Waals surface area (Å²) in [5.74, 6) is -0.452. The zero-order valence-corrected chi connectivity index (χ0v) is 7.60. The van der Waals surface area contributed by atoms with Gasteiger partial charge in [0.2, 0.25) is 0 Å². The maximum Gasteiger partial charge on any atom is 0.573 e. The molecule has 0 amide bonds. The monoisotopic (exact) mass is 222 g/mol. The molecule has 2 nitrogen and oxygen atoms in total. The van der Waals surface area contributed by atoms with Gasteiger partial charge >= 0.3 is 6.36 Å². The van der Waals surface area contributed by atoms with E-state index in [4.69, 9.17) is 0 Å². The molecule has 0 aliphatic rings. The first-order valence-electron chi connectivity index (χ1n) is 3.46. The van der Waals surface area contributed by atoms with Gasteiger partial charge in [0.15, 0.2) is 0 Å². The molecule has 0 spiro atoms. The molecule has 0 radical (unpaired) electrons. The summed E-state index contributed by atoms with van der Waals surface area (Å²) in [6, 6.07) is 3.39. The summed E-state index contributed by atoms with van der Waals surface area (Å²) in [5.41, 5.74) is 0.0803. The van der Waals surface area contributed by atoms with Gasteiger partial charge < -0.3 is 4.74 Å². The minimum atomic E-state index is -4.76. The Morgan fingerprint density at radius 2 is 1.93 bits per heavy atom. The van der Waals surface area contributed by atoms with Gasteiger partial charge in [-0.2, -0.15) is 0 Å². The van der Waals surface area contributed by atoms with Crippen molar-refractivity contribution in [1.82, 2.24) is 0 Å². The molecular weight excluding hydrogens is 217 g/mol. The van der Waals surface area contributed by atoms with Gasteiger partial charge in [-0.25, -0.2) is 0 Å². The molecule has 0 N–H and O–H groups in total. The smallest absolute Gasteiger partial charge is 0.406 e. The Labute approximate surface area is 83.1 Å². The molecule has 0 saturated heterocycles. The zero-order valence-electron chi connectivity index (χ0n) is 6.71. The molecule has 0 unspecified atom stereocenters. The van der Waals surface area contributed by atoms with Crippen molar-refractivity contribution in [3.05, 3.63) is 23.8 Å². The van der Waals surface area contributed by atoms with E-state index in [0.717, 1.165) is 12.1 Å². The molecule has 0 bridgehead atoms. The summed E-state index contributed by atoms with van der Waals surface area (Å²) in [6.07, 6.45) is -4.34. The molecule has 0 fully saturated rings. The fraction of sp³-hybridized carbons (Fsp3) is 0.125. The largest absolute Gasteiger partial charge is 0.573 e. The van der Waals surface area contributed by atoms with Gasteiger partial charge in [-0.05, 0) is 18.2 Å². The van der Waals surface area contributed by atoms with Crippen LogP contribution in [0.4, 0.5) is 13.2 Å². The van der Waals surface area contributed by atoms with E-state index in [-0.39, 0.29) is 10.5 Å². The molecule has 0 heterocycles. The van der Waals surface area contributed by atoms with E-state index in [2.05, 4.69) is 17.4 Å². The lowest BCUT2D eigenvalue weighted by molar-refractivity contribution is -0.274. The first-order chi connectivity index (χ1) is 6.40. The van der Waals surface area contributed by atoms with Crippen LogP contribution in [-0.4, -0.2) is 12.6 Å². The number of benzene rings is 1. The van der Waals surface area contributed by atoms with Crippen LogP contribution in [-0.2, 0) is 0 Å². The van der Waals surface area contributed by atoms with E-state index in [1.165, 1.54) is 6.07 Å². The van der Waals surface area contributed by atoms with Crippen LogP contribution < -0.4 is 4.74 Å². The Bertz CT molecular complexity index is 349. The number of carbonyl (C=O) groups is 1. The van der Waals surface area contributed by atoms with E-state index < -0.39 is 12.1 Å². The number of hydrogen-bond donors (Lipinski definition) is 1. The highest BCUT2D eigenvalue weighted by Crippen LogP contribution is 2.25. The van der Waals surface area contributed by atoms with Crippen LogP contribution >= 0.6 is 12.6 Å². The van der Waals surface area contributed by atoms with Crippen LogP contribution in [0, 0.1) is 0 Å². The maximum absolute atomic E-state index is 11.8. The lowest BCUT2D eigenvalue weighted by atomic mass is 10.2. The average molecular weight is 222 g/mol. The fourth-order valence-corrected chi connectivity index (χ4v) is 1.14. The van der Waals surface area contributed by atoms with Crippen molar-refractivity contribution in [2.24, 2.45) is 0 Å². The molecule has 0 aromatic heterocycles. The van der Waals surface area contributed by atoms with Crippen LogP contribution in [0.3, 0.4) is 0 Å². The highest BCUT2D eigenvalue weighted by Gasteiger charge is 2.31. The lowest BCUT2D eigenvalue weighted by Gasteiger charge is -2.09. The summed E-state index contributed by atoms with van der Waals surface area (Å²) >= 11 is 3.82. The average Bonchev–Trinajstić information content (AvgIpc) is 1.99. The predicted molar refractivity (Wildman–Crippen MR) is 45.8 cm³/mol. The minimum Gasteiger partial charge on any atom is -0.406 e. The van der Waals surface area contributed by atoms with Gasteiger partial charge in [0.25, 0.3) is 0 Å².